The molecule has 0 saturated carbocycles. The molecule has 0 spiro atoms. The fourth-order valence-electron chi connectivity index (χ4n) is 1.45. The zero-order valence-electron chi connectivity index (χ0n) is 9.40. The molecule has 0 unspecified atom stereocenters. The molecule has 4 nitrogen and oxygen atoms in total. The third-order valence-electron chi connectivity index (χ3n) is 2.29. The van der Waals surface area contributed by atoms with Crippen molar-refractivity contribution in [2.45, 2.75) is 0 Å². The lowest BCUT2D eigenvalue weighted by atomic mass is 10.1. The summed E-state index contributed by atoms with van der Waals surface area (Å²) in [5.74, 6) is -0.832. The van der Waals surface area contributed by atoms with Gasteiger partial charge in [0.05, 0.1) is 12.3 Å². The molecule has 1 heterocycles. The second-order valence-electron chi connectivity index (χ2n) is 3.58. The summed E-state index contributed by atoms with van der Waals surface area (Å²) in [6, 6.07) is 6.46. The Balaban J connectivity index is 2.23. The van der Waals surface area contributed by atoms with E-state index < -0.39 is 11.6 Å². The molecule has 0 radical (unpaired) electrons. The minimum absolute atomic E-state index is 0.0178. The van der Waals surface area contributed by atoms with E-state index >= 15 is 0 Å². The molecule has 0 aliphatic carbocycles. The van der Waals surface area contributed by atoms with Crippen LogP contribution in [0.3, 0.4) is 0 Å². The average Bonchev–Trinajstić information content (AvgIpc) is 2.37. The number of aliphatic hydroxyl groups excluding tert-OH is 1. The van der Waals surface area contributed by atoms with Gasteiger partial charge < -0.3 is 10.4 Å². The average molecular weight is 251 g/mol. The Kier molecular flexibility index (Phi) is 3.78. The highest BCUT2D eigenvalue weighted by Crippen LogP contribution is 2.21. The van der Waals surface area contributed by atoms with Gasteiger partial charge in [-0.1, -0.05) is 0 Å². The monoisotopic (exact) mass is 251 g/mol. The summed E-state index contributed by atoms with van der Waals surface area (Å²) in [7, 11) is 0. The number of halogens is 2. The van der Waals surface area contributed by atoms with Gasteiger partial charge in [0.2, 0.25) is 0 Å². The first-order valence-electron chi connectivity index (χ1n) is 5.34. The Morgan fingerprint density at radius 3 is 2.56 bits per heavy atom. The van der Waals surface area contributed by atoms with Crippen molar-refractivity contribution < 1.29 is 13.9 Å². The molecule has 0 bridgehead atoms. The van der Waals surface area contributed by atoms with E-state index in [1.165, 1.54) is 6.07 Å². The van der Waals surface area contributed by atoms with Gasteiger partial charge in [0, 0.05) is 18.2 Å². The lowest BCUT2D eigenvalue weighted by molar-refractivity contribution is 0.311. The topological polar surface area (TPSA) is 58.0 Å². The van der Waals surface area contributed by atoms with Crippen LogP contribution < -0.4 is 5.32 Å². The number of benzene rings is 1. The largest absolute Gasteiger partial charge is 0.395 e. The summed E-state index contributed by atoms with van der Waals surface area (Å²) in [5, 5.41) is 19.1. The maximum atomic E-state index is 13.5. The van der Waals surface area contributed by atoms with Crippen LogP contribution in [0.5, 0.6) is 0 Å². The molecule has 2 rings (SSSR count). The Hall–Kier alpha value is -2.08. The van der Waals surface area contributed by atoms with Gasteiger partial charge >= 0.3 is 0 Å². The van der Waals surface area contributed by atoms with E-state index in [-0.39, 0.29) is 12.2 Å². The van der Waals surface area contributed by atoms with Crippen LogP contribution >= 0.6 is 0 Å². The lowest BCUT2D eigenvalue weighted by Gasteiger charge is -2.04. The number of aliphatic hydroxyl groups is 1. The summed E-state index contributed by atoms with van der Waals surface area (Å²) >= 11 is 0. The Labute approximate surface area is 102 Å². The van der Waals surface area contributed by atoms with Gasteiger partial charge in [0.25, 0.3) is 0 Å². The molecule has 0 fully saturated rings. The normalized spacial score (nSPS) is 10.4. The molecular weight excluding hydrogens is 240 g/mol. The van der Waals surface area contributed by atoms with Crippen LogP contribution in [-0.4, -0.2) is 28.5 Å². The molecule has 1 aromatic heterocycles. The lowest BCUT2D eigenvalue weighted by Crippen LogP contribution is -2.07. The third kappa shape index (κ3) is 2.78. The number of anilines is 1. The summed E-state index contributed by atoms with van der Waals surface area (Å²) in [6.07, 6.45) is 0. The van der Waals surface area contributed by atoms with Gasteiger partial charge in [-0.25, -0.2) is 8.78 Å². The van der Waals surface area contributed by atoms with Crippen LogP contribution in [0.15, 0.2) is 30.3 Å². The quantitative estimate of drug-likeness (QED) is 0.870. The summed E-state index contributed by atoms with van der Waals surface area (Å²) in [6.45, 7) is 0.342. The van der Waals surface area contributed by atoms with Crippen LogP contribution in [0.2, 0.25) is 0 Å². The van der Waals surface area contributed by atoms with E-state index in [1.54, 1.807) is 12.1 Å². The van der Waals surface area contributed by atoms with Gasteiger partial charge in [-0.3, -0.25) is 0 Å². The molecule has 6 heteroatoms. The molecule has 2 aromatic rings. The second kappa shape index (κ2) is 5.50. The highest BCUT2D eigenvalue weighted by molar-refractivity contribution is 5.60. The van der Waals surface area contributed by atoms with Crippen molar-refractivity contribution in [1.82, 2.24) is 10.2 Å². The fourth-order valence-corrected chi connectivity index (χ4v) is 1.45. The Morgan fingerprint density at radius 2 is 1.94 bits per heavy atom. The molecule has 18 heavy (non-hydrogen) atoms. The highest BCUT2D eigenvalue weighted by atomic mass is 19.1. The smallest absolute Gasteiger partial charge is 0.148 e. The molecular formula is C12H11F2N3O. The first-order chi connectivity index (χ1) is 8.70. The van der Waals surface area contributed by atoms with Crippen LogP contribution in [0.1, 0.15) is 0 Å². The van der Waals surface area contributed by atoms with E-state index in [0.29, 0.717) is 18.1 Å². The third-order valence-corrected chi connectivity index (χ3v) is 2.29. The standard InChI is InChI=1S/C12H11F2N3O/c13-8-1-2-9(10(14)7-8)11-3-4-12(17-16-11)15-5-6-18/h1-4,7,18H,5-6H2,(H,15,17). The van der Waals surface area contributed by atoms with Crippen molar-refractivity contribution in [2.75, 3.05) is 18.5 Å². The molecule has 0 amide bonds. The Morgan fingerprint density at radius 1 is 1.11 bits per heavy atom. The molecule has 0 saturated heterocycles. The van der Waals surface area contributed by atoms with Crippen LogP contribution in [0.4, 0.5) is 14.6 Å². The summed E-state index contributed by atoms with van der Waals surface area (Å²) < 4.78 is 26.2. The zero-order chi connectivity index (χ0) is 13.0. The van der Waals surface area contributed by atoms with E-state index in [2.05, 4.69) is 15.5 Å². The second-order valence-corrected chi connectivity index (χ2v) is 3.58. The van der Waals surface area contributed by atoms with E-state index in [4.69, 9.17) is 5.11 Å². The molecule has 0 aliphatic heterocycles. The van der Waals surface area contributed by atoms with E-state index in [0.717, 1.165) is 12.1 Å². The maximum Gasteiger partial charge on any atom is 0.148 e. The van der Waals surface area contributed by atoms with Gasteiger partial charge in [0.15, 0.2) is 0 Å². The minimum atomic E-state index is -0.680. The molecule has 0 aliphatic rings. The number of hydrogen-bond donors (Lipinski definition) is 2. The molecule has 2 N–H and O–H groups in total. The highest BCUT2D eigenvalue weighted by Gasteiger charge is 2.08. The van der Waals surface area contributed by atoms with Gasteiger partial charge in [-0.05, 0) is 24.3 Å². The van der Waals surface area contributed by atoms with Crippen molar-refractivity contribution in [3.63, 3.8) is 0 Å². The Bertz CT molecular complexity index is 531. The van der Waals surface area contributed by atoms with E-state index in [9.17, 15) is 8.78 Å². The fraction of sp³-hybridized carbons (Fsp3) is 0.167. The van der Waals surface area contributed by atoms with Gasteiger partial charge in [-0.2, -0.15) is 0 Å². The number of rotatable bonds is 4. The first-order valence-corrected chi connectivity index (χ1v) is 5.34. The number of hydrogen-bond acceptors (Lipinski definition) is 4. The van der Waals surface area contributed by atoms with Crippen molar-refractivity contribution in [2.24, 2.45) is 0 Å². The molecule has 1 aromatic carbocycles. The van der Waals surface area contributed by atoms with Crippen LogP contribution in [-0.2, 0) is 0 Å². The summed E-state index contributed by atoms with van der Waals surface area (Å²) in [5.41, 5.74) is 0.514. The number of aromatic nitrogens is 2. The molecule has 0 atom stereocenters. The first kappa shape index (κ1) is 12.4. The minimum Gasteiger partial charge on any atom is -0.395 e. The number of nitrogens with zero attached hydrogens (tertiary/aromatic N) is 2. The zero-order valence-corrected chi connectivity index (χ0v) is 9.40. The van der Waals surface area contributed by atoms with Crippen molar-refractivity contribution in [3.05, 3.63) is 42.0 Å². The summed E-state index contributed by atoms with van der Waals surface area (Å²) in [4.78, 5) is 0. The SMILES string of the molecule is OCCNc1ccc(-c2ccc(F)cc2F)nn1. The van der Waals surface area contributed by atoms with Crippen molar-refractivity contribution in [1.29, 1.82) is 0 Å². The van der Waals surface area contributed by atoms with Crippen molar-refractivity contribution >= 4 is 5.82 Å². The predicted octanol–water partition coefficient (Wildman–Crippen LogP) is 1.83. The predicted molar refractivity (Wildman–Crippen MR) is 63.0 cm³/mol. The maximum absolute atomic E-state index is 13.5. The molecule has 94 valence electrons. The van der Waals surface area contributed by atoms with Gasteiger partial charge in [0.1, 0.15) is 17.5 Å². The number of nitrogens with one attached hydrogen (secondary N) is 1. The van der Waals surface area contributed by atoms with Gasteiger partial charge in [-0.15, -0.1) is 10.2 Å². The van der Waals surface area contributed by atoms with Crippen molar-refractivity contribution in [3.8, 4) is 11.3 Å². The van der Waals surface area contributed by atoms with Crippen LogP contribution in [0, 0.1) is 11.6 Å². The van der Waals surface area contributed by atoms with Crippen LogP contribution in [0.25, 0.3) is 11.3 Å². The van der Waals surface area contributed by atoms with E-state index in [1.807, 2.05) is 0 Å².